The van der Waals surface area contributed by atoms with Crippen LogP contribution in [0.3, 0.4) is 0 Å². The van der Waals surface area contributed by atoms with Gasteiger partial charge in [0, 0.05) is 24.3 Å². The topological polar surface area (TPSA) is 123 Å². The van der Waals surface area contributed by atoms with Crippen molar-refractivity contribution in [3.63, 3.8) is 0 Å². The van der Waals surface area contributed by atoms with Gasteiger partial charge >= 0.3 is 0 Å². The van der Waals surface area contributed by atoms with Crippen molar-refractivity contribution in [1.29, 1.82) is 0 Å². The van der Waals surface area contributed by atoms with Crippen molar-refractivity contribution >= 4 is 33.4 Å². The molecule has 2 heterocycles. The Hall–Kier alpha value is -2.89. The lowest BCUT2D eigenvalue weighted by Crippen LogP contribution is -2.28. The zero-order chi connectivity index (χ0) is 23.6. The number of anilines is 1. The first kappa shape index (κ1) is 23.3. The fourth-order valence-corrected chi connectivity index (χ4v) is 5.79. The van der Waals surface area contributed by atoms with Crippen LogP contribution in [0.15, 0.2) is 58.6 Å². The van der Waals surface area contributed by atoms with Crippen LogP contribution in [0, 0.1) is 6.92 Å². The number of amides is 1. The number of carbonyl (C=O) groups is 1. The molecule has 3 aromatic rings. The molecule has 11 heteroatoms. The third-order valence-electron chi connectivity index (χ3n) is 5.45. The predicted octanol–water partition coefficient (Wildman–Crippen LogP) is 2.87. The van der Waals surface area contributed by atoms with E-state index >= 15 is 0 Å². The van der Waals surface area contributed by atoms with Gasteiger partial charge in [0.25, 0.3) is 0 Å². The molecular weight excluding hydrogens is 460 g/mol. The quantitative estimate of drug-likeness (QED) is 0.389. The highest BCUT2D eigenvalue weighted by atomic mass is 32.2. The van der Waals surface area contributed by atoms with Gasteiger partial charge in [0.05, 0.1) is 10.1 Å². The largest absolute Gasteiger partial charge is 0.335 e. The van der Waals surface area contributed by atoms with E-state index in [2.05, 4.69) is 15.5 Å². The van der Waals surface area contributed by atoms with E-state index in [1.165, 1.54) is 32.9 Å². The van der Waals surface area contributed by atoms with Crippen molar-refractivity contribution in [3.05, 3.63) is 54.1 Å². The number of carbonyl (C=O) groups excluding carboxylic acids is 1. The average molecular weight is 487 g/mol. The molecule has 3 N–H and O–H groups in total. The Morgan fingerprint density at radius 1 is 1.06 bits per heavy atom. The Bertz CT molecular complexity index is 1230. The summed E-state index contributed by atoms with van der Waals surface area (Å²) in [6.07, 6.45) is 1.76. The van der Waals surface area contributed by atoms with E-state index in [1.807, 2.05) is 31.2 Å². The first-order chi connectivity index (χ1) is 15.8. The van der Waals surface area contributed by atoms with Gasteiger partial charge < -0.3 is 11.2 Å². The average Bonchev–Trinajstić information content (AvgIpc) is 3.46. The molecule has 1 unspecified atom stereocenters. The number of hydrogen-bond donors (Lipinski definition) is 2. The van der Waals surface area contributed by atoms with Crippen molar-refractivity contribution < 1.29 is 13.2 Å². The molecule has 1 aliphatic heterocycles. The van der Waals surface area contributed by atoms with Crippen LogP contribution in [0.2, 0.25) is 0 Å². The summed E-state index contributed by atoms with van der Waals surface area (Å²) in [4.78, 5) is 12.9. The number of nitrogen functional groups attached to an aromatic ring is 1. The lowest BCUT2D eigenvalue weighted by Gasteiger charge is -2.16. The summed E-state index contributed by atoms with van der Waals surface area (Å²) in [6.45, 7) is 4.84. The number of aromatic nitrogens is 3. The van der Waals surface area contributed by atoms with Crippen LogP contribution in [-0.2, 0) is 14.8 Å². The van der Waals surface area contributed by atoms with Crippen LogP contribution in [0.1, 0.15) is 25.3 Å². The van der Waals surface area contributed by atoms with Gasteiger partial charge in [-0.05, 0) is 51.0 Å². The molecule has 33 heavy (non-hydrogen) atoms. The molecule has 9 nitrogen and oxygen atoms in total. The molecule has 1 saturated heterocycles. The van der Waals surface area contributed by atoms with E-state index in [0.717, 1.165) is 24.0 Å². The third kappa shape index (κ3) is 5.05. The summed E-state index contributed by atoms with van der Waals surface area (Å²) in [5.41, 5.74) is 2.48. The molecule has 1 amide bonds. The molecule has 1 aromatic heterocycles. The maximum Gasteiger partial charge on any atom is 0.243 e. The number of nitrogens with one attached hydrogen (secondary N) is 1. The molecule has 174 valence electrons. The van der Waals surface area contributed by atoms with Gasteiger partial charge in [0.2, 0.25) is 21.1 Å². The molecule has 0 saturated carbocycles. The lowest BCUT2D eigenvalue weighted by atomic mass is 10.1. The van der Waals surface area contributed by atoms with Crippen molar-refractivity contribution in [2.24, 2.45) is 0 Å². The second-order valence-electron chi connectivity index (χ2n) is 7.93. The standard InChI is InChI=1S/C22H26N6O3S2/c1-15-5-7-17(8-6-15)20-25-26-22(28(20)23)32-16(2)21(29)24-18-9-11-19(12-10-18)33(30,31)27-13-3-4-14-27/h5-12,16H,3-4,13-14,23H2,1-2H3,(H,24,29). The van der Waals surface area contributed by atoms with Gasteiger partial charge in [0.1, 0.15) is 0 Å². The highest BCUT2D eigenvalue weighted by Gasteiger charge is 2.27. The number of aryl methyl sites for hydroxylation is 1. The van der Waals surface area contributed by atoms with E-state index in [1.54, 1.807) is 19.1 Å². The Morgan fingerprint density at radius 2 is 1.70 bits per heavy atom. The first-order valence-electron chi connectivity index (χ1n) is 10.6. The number of thioether (sulfide) groups is 1. The molecule has 0 radical (unpaired) electrons. The van der Waals surface area contributed by atoms with Crippen molar-refractivity contribution in [1.82, 2.24) is 19.2 Å². The van der Waals surface area contributed by atoms with Crippen LogP contribution in [0.25, 0.3) is 11.4 Å². The number of rotatable bonds is 7. The second-order valence-corrected chi connectivity index (χ2v) is 11.2. The molecule has 1 fully saturated rings. The number of nitrogens with two attached hydrogens (primary N) is 1. The SMILES string of the molecule is Cc1ccc(-c2nnc(SC(C)C(=O)Nc3ccc(S(=O)(=O)N4CCCC4)cc3)n2N)cc1. The number of hydrogen-bond acceptors (Lipinski definition) is 7. The van der Waals surface area contributed by atoms with Crippen molar-refractivity contribution in [3.8, 4) is 11.4 Å². The van der Waals surface area contributed by atoms with Gasteiger partial charge in [-0.1, -0.05) is 41.6 Å². The molecule has 2 aromatic carbocycles. The summed E-state index contributed by atoms with van der Waals surface area (Å²) < 4.78 is 28.1. The molecule has 4 rings (SSSR count). The predicted molar refractivity (Wildman–Crippen MR) is 129 cm³/mol. The molecule has 0 aliphatic carbocycles. The summed E-state index contributed by atoms with van der Waals surface area (Å²) in [5.74, 6) is 6.42. The van der Waals surface area contributed by atoms with Crippen LogP contribution in [0.4, 0.5) is 5.69 Å². The van der Waals surface area contributed by atoms with Gasteiger partial charge in [-0.2, -0.15) is 4.31 Å². The Morgan fingerprint density at radius 3 is 2.33 bits per heavy atom. The zero-order valence-electron chi connectivity index (χ0n) is 18.4. The highest BCUT2D eigenvalue weighted by molar-refractivity contribution is 8.00. The van der Waals surface area contributed by atoms with E-state index in [9.17, 15) is 13.2 Å². The highest BCUT2D eigenvalue weighted by Crippen LogP contribution is 2.26. The van der Waals surface area contributed by atoms with Crippen LogP contribution in [-0.4, -0.2) is 51.8 Å². The van der Waals surface area contributed by atoms with Crippen molar-refractivity contribution in [2.45, 2.75) is 42.0 Å². The van der Waals surface area contributed by atoms with E-state index in [0.29, 0.717) is 29.8 Å². The Balaban J connectivity index is 1.39. The minimum atomic E-state index is -3.48. The minimum absolute atomic E-state index is 0.227. The van der Waals surface area contributed by atoms with E-state index in [4.69, 9.17) is 5.84 Å². The molecular formula is C22H26N6O3S2. The maximum atomic E-state index is 12.7. The first-order valence-corrected chi connectivity index (χ1v) is 12.9. The number of benzene rings is 2. The molecule has 1 atom stereocenters. The number of sulfonamides is 1. The third-order valence-corrected chi connectivity index (χ3v) is 8.42. The van der Waals surface area contributed by atoms with Gasteiger partial charge in [0.15, 0.2) is 5.82 Å². The lowest BCUT2D eigenvalue weighted by molar-refractivity contribution is -0.115. The summed E-state index contributed by atoms with van der Waals surface area (Å²) in [6, 6.07) is 14.0. The van der Waals surface area contributed by atoms with Crippen LogP contribution >= 0.6 is 11.8 Å². The summed E-state index contributed by atoms with van der Waals surface area (Å²) >= 11 is 1.19. The van der Waals surface area contributed by atoms with Crippen LogP contribution < -0.4 is 11.2 Å². The normalized spacial score (nSPS) is 15.5. The summed E-state index contributed by atoms with van der Waals surface area (Å²) in [7, 11) is -3.48. The van der Waals surface area contributed by atoms with Gasteiger partial charge in [-0.3, -0.25) is 4.79 Å². The van der Waals surface area contributed by atoms with E-state index < -0.39 is 15.3 Å². The van der Waals surface area contributed by atoms with Crippen LogP contribution in [0.5, 0.6) is 0 Å². The van der Waals surface area contributed by atoms with Crippen molar-refractivity contribution in [2.75, 3.05) is 24.2 Å². The molecule has 1 aliphatic rings. The van der Waals surface area contributed by atoms with E-state index in [-0.39, 0.29) is 10.8 Å². The monoisotopic (exact) mass is 486 g/mol. The smallest absolute Gasteiger partial charge is 0.243 e. The fourth-order valence-electron chi connectivity index (χ4n) is 3.50. The molecule has 0 bridgehead atoms. The van der Waals surface area contributed by atoms with Gasteiger partial charge in [-0.25, -0.2) is 13.1 Å². The fraction of sp³-hybridized carbons (Fsp3) is 0.318. The second kappa shape index (κ2) is 9.54. The van der Waals surface area contributed by atoms with Gasteiger partial charge in [-0.15, -0.1) is 10.2 Å². The zero-order valence-corrected chi connectivity index (χ0v) is 20.1. The Labute approximate surface area is 197 Å². The maximum absolute atomic E-state index is 12.7. The molecule has 0 spiro atoms. The summed E-state index contributed by atoms with van der Waals surface area (Å²) in [5, 5.41) is 11.0. The minimum Gasteiger partial charge on any atom is -0.335 e. The number of nitrogens with zero attached hydrogens (tertiary/aromatic N) is 4. The Kier molecular flexibility index (Phi) is 6.73.